The Morgan fingerprint density at radius 1 is 1.00 bits per heavy atom. The maximum Gasteiger partial charge on any atom is 0.254 e. The van der Waals surface area contributed by atoms with Gasteiger partial charge in [0.05, 0.1) is 5.56 Å². The van der Waals surface area contributed by atoms with E-state index in [0.29, 0.717) is 11.8 Å². The van der Waals surface area contributed by atoms with E-state index in [1.165, 1.54) is 5.56 Å². The minimum Gasteiger partial charge on any atom is -0.484 e. The first-order valence-corrected chi connectivity index (χ1v) is 8.53. The van der Waals surface area contributed by atoms with Gasteiger partial charge in [-0.1, -0.05) is 45.0 Å². The Morgan fingerprint density at radius 3 is 2.38 bits per heavy atom. The molecule has 1 aromatic heterocycles. The van der Waals surface area contributed by atoms with Crippen LogP contribution in [0.15, 0.2) is 57.4 Å². The van der Waals surface area contributed by atoms with Gasteiger partial charge in [0.15, 0.2) is 6.61 Å². The van der Waals surface area contributed by atoms with Crippen LogP contribution in [0, 0.1) is 0 Å². The largest absolute Gasteiger partial charge is 0.484 e. The first-order chi connectivity index (χ1) is 11.4. The maximum absolute atomic E-state index is 5.73. The molecule has 24 heavy (non-hydrogen) atoms. The summed E-state index contributed by atoms with van der Waals surface area (Å²) < 4.78 is 12.3. The van der Waals surface area contributed by atoms with Gasteiger partial charge in [-0.2, -0.15) is 0 Å². The molecule has 0 fully saturated rings. The number of halogens is 1. The molecular formula is C19H19BrN2O2. The summed E-state index contributed by atoms with van der Waals surface area (Å²) in [5, 5.41) is 8.12. The summed E-state index contributed by atoms with van der Waals surface area (Å²) in [5.74, 6) is 1.70. The fraction of sp³-hybridized carbons (Fsp3) is 0.263. The Balaban J connectivity index is 1.67. The Hall–Kier alpha value is -2.14. The Bertz CT molecular complexity index is 820. The molecule has 0 bridgehead atoms. The molecule has 0 amide bonds. The summed E-state index contributed by atoms with van der Waals surface area (Å²) in [5.41, 5.74) is 2.26. The molecule has 0 aliphatic rings. The zero-order valence-corrected chi connectivity index (χ0v) is 15.5. The second-order valence-electron chi connectivity index (χ2n) is 6.54. The first kappa shape index (κ1) is 16.7. The summed E-state index contributed by atoms with van der Waals surface area (Å²) in [7, 11) is 0. The van der Waals surface area contributed by atoms with E-state index in [4.69, 9.17) is 9.15 Å². The van der Waals surface area contributed by atoms with Crippen molar-refractivity contribution < 1.29 is 9.15 Å². The van der Waals surface area contributed by atoms with E-state index in [2.05, 4.69) is 59.0 Å². The van der Waals surface area contributed by atoms with Crippen LogP contribution >= 0.6 is 15.9 Å². The lowest BCUT2D eigenvalue weighted by molar-refractivity contribution is 0.264. The molecule has 3 aromatic rings. The highest BCUT2D eigenvalue weighted by Crippen LogP contribution is 2.27. The average molecular weight is 387 g/mol. The first-order valence-electron chi connectivity index (χ1n) is 7.74. The van der Waals surface area contributed by atoms with E-state index in [1.54, 1.807) is 0 Å². The van der Waals surface area contributed by atoms with Gasteiger partial charge in [-0.3, -0.25) is 0 Å². The second-order valence-corrected chi connectivity index (χ2v) is 7.40. The molecule has 3 rings (SSSR count). The minimum atomic E-state index is 0.128. The topological polar surface area (TPSA) is 48.2 Å². The fourth-order valence-corrected chi connectivity index (χ4v) is 2.71. The monoisotopic (exact) mass is 386 g/mol. The standard InChI is InChI=1S/C19H19BrN2O2/c1-19(2,3)13-8-10-14(11-9-13)23-12-17-21-22-18(24-17)15-6-4-5-7-16(15)20/h4-11H,12H2,1-3H3. The van der Waals surface area contributed by atoms with E-state index in [1.807, 2.05) is 36.4 Å². The van der Waals surface area contributed by atoms with Gasteiger partial charge < -0.3 is 9.15 Å². The van der Waals surface area contributed by atoms with Crippen LogP contribution in [0.25, 0.3) is 11.5 Å². The van der Waals surface area contributed by atoms with Crippen molar-refractivity contribution in [3.8, 4) is 17.2 Å². The SMILES string of the molecule is CC(C)(C)c1ccc(OCc2nnc(-c3ccccc3Br)o2)cc1. The number of rotatable bonds is 4. The minimum absolute atomic E-state index is 0.128. The molecule has 0 N–H and O–H groups in total. The lowest BCUT2D eigenvalue weighted by atomic mass is 9.87. The van der Waals surface area contributed by atoms with Crippen molar-refractivity contribution in [1.29, 1.82) is 0 Å². The van der Waals surface area contributed by atoms with Crippen molar-refractivity contribution in [2.24, 2.45) is 0 Å². The van der Waals surface area contributed by atoms with Crippen LogP contribution in [-0.4, -0.2) is 10.2 Å². The quantitative estimate of drug-likeness (QED) is 0.604. The Kier molecular flexibility index (Phi) is 4.71. The van der Waals surface area contributed by atoms with Crippen molar-refractivity contribution in [1.82, 2.24) is 10.2 Å². The van der Waals surface area contributed by atoms with E-state index < -0.39 is 0 Å². The van der Waals surface area contributed by atoms with E-state index in [9.17, 15) is 0 Å². The molecule has 1 heterocycles. The molecule has 2 aromatic carbocycles. The van der Waals surface area contributed by atoms with Gasteiger partial charge in [0.25, 0.3) is 5.89 Å². The molecule has 5 heteroatoms. The molecule has 0 unspecified atom stereocenters. The molecule has 0 radical (unpaired) electrons. The Labute approximate surface area is 150 Å². The summed E-state index contributed by atoms with van der Waals surface area (Å²) in [6.45, 7) is 6.80. The van der Waals surface area contributed by atoms with Crippen LogP contribution in [0.5, 0.6) is 5.75 Å². The van der Waals surface area contributed by atoms with Crippen molar-refractivity contribution in [3.63, 3.8) is 0 Å². The van der Waals surface area contributed by atoms with Gasteiger partial charge in [0.1, 0.15) is 5.75 Å². The maximum atomic E-state index is 5.73. The summed E-state index contributed by atoms with van der Waals surface area (Å²) in [6, 6.07) is 15.8. The van der Waals surface area contributed by atoms with Crippen LogP contribution in [0.4, 0.5) is 0 Å². The lowest BCUT2D eigenvalue weighted by Gasteiger charge is -2.19. The molecule has 0 atom stereocenters. The van der Waals surface area contributed by atoms with Crippen molar-refractivity contribution in [2.75, 3.05) is 0 Å². The molecule has 4 nitrogen and oxygen atoms in total. The Morgan fingerprint density at radius 2 is 1.71 bits per heavy atom. The lowest BCUT2D eigenvalue weighted by Crippen LogP contribution is -2.10. The van der Waals surface area contributed by atoms with Gasteiger partial charge in [-0.05, 0) is 51.2 Å². The van der Waals surface area contributed by atoms with Gasteiger partial charge in [0, 0.05) is 4.47 Å². The van der Waals surface area contributed by atoms with Crippen LogP contribution < -0.4 is 4.74 Å². The number of benzene rings is 2. The number of hydrogen-bond donors (Lipinski definition) is 0. The number of nitrogens with zero attached hydrogens (tertiary/aromatic N) is 2. The van der Waals surface area contributed by atoms with Crippen molar-refractivity contribution in [3.05, 3.63) is 64.5 Å². The summed E-state index contributed by atoms with van der Waals surface area (Å²) in [4.78, 5) is 0. The highest BCUT2D eigenvalue weighted by molar-refractivity contribution is 9.10. The van der Waals surface area contributed by atoms with E-state index >= 15 is 0 Å². The van der Waals surface area contributed by atoms with Gasteiger partial charge in [-0.15, -0.1) is 10.2 Å². The van der Waals surface area contributed by atoms with Crippen LogP contribution in [0.2, 0.25) is 0 Å². The fourth-order valence-electron chi connectivity index (χ4n) is 2.25. The van der Waals surface area contributed by atoms with E-state index in [0.717, 1.165) is 15.8 Å². The van der Waals surface area contributed by atoms with Gasteiger partial charge in [0.2, 0.25) is 5.89 Å². The number of ether oxygens (including phenoxy) is 1. The second kappa shape index (κ2) is 6.77. The molecule has 124 valence electrons. The van der Waals surface area contributed by atoms with Gasteiger partial charge >= 0.3 is 0 Å². The van der Waals surface area contributed by atoms with Crippen molar-refractivity contribution in [2.45, 2.75) is 32.8 Å². The average Bonchev–Trinajstić information content (AvgIpc) is 3.02. The normalized spacial score (nSPS) is 11.5. The number of hydrogen-bond acceptors (Lipinski definition) is 4. The zero-order chi connectivity index (χ0) is 17.2. The number of aromatic nitrogens is 2. The predicted octanol–water partition coefficient (Wildman–Crippen LogP) is 5.38. The van der Waals surface area contributed by atoms with Crippen LogP contribution in [-0.2, 0) is 12.0 Å². The molecule has 0 aliphatic heterocycles. The molecule has 0 saturated heterocycles. The third-order valence-corrected chi connectivity index (χ3v) is 4.35. The highest BCUT2D eigenvalue weighted by Gasteiger charge is 2.14. The van der Waals surface area contributed by atoms with Crippen LogP contribution in [0.3, 0.4) is 0 Å². The van der Waals surface area contributed by atoms with E-state index in [-0.39, 0.29) is 12.0 Å². The van der Waals surface area contributed by atoms with Crippen molar-refractivity contribution >= 4 is 15.9 Å². The molecule has 0 aliphatic carbocycles. The van der Waals surface area contributed by atoms with Crippen LogP contribution in [0.1, 0.15) is 32.2 Å². The molecular weight excluding hydrogens is 368 g/mol. The summed E-state index contributed by atoms with van der Waals surface area (Å²) in [6.07, 6.45) is 0. The smallest absolute Gasteiger partial charge is 0.254 e. The third kappa shape index (κ3) is 3.85. The molecule has 0 spiro atoms. The summed E-state index contributed by atoms with van der Waals surface area (Å²) >= 11 is 3.48. The zero-order valence-electron chi connectivity index (χ0n) is 13.9. The molecule has 0 saturated carbocycles. The van der Waals surface area contributed by atoms with Gasteiger partial charge in [-0.25, -0.2) is 0 Å². The highest BCUT2D eigenvalue weighted by atomic mass is 79.9. The predicted molar refractivity (Wildman–Crippen MR) is 96.9 cm³/mol. The third-order valence-electron chi connectivity index (χ3n) is 3.65.